The highest BCUT2D eigenvalue weighted by Gasteiger charge is 2.22. The minimum Gasteiger partial charge on any atom is -0.383 e. The molecule has 0 bridgehead atoms. The number of hydrogen-bond acceptors (Lipinski definition) is 5. The molecule has 0 unspecified atom stereocenters. The summed E-state index contributed by atoms with van der Waals surface area (Å²) in [5, 5.41) is 10.8. The summed E-state index contributed by atoms with van der Waals surface area (Å²) in [5.74, 6) is 1.90. The van der Waals surface area contributed by atoms with Gasteiger partial charge in [0, 0.05) is 31.9 Å². The molecule has 3 aromatic rings. The molecule has 5 nitrogen and oxygen atoms in total. The SMILES string of the molecule is CCN(CC)c1cc(NCC2CC2)c2sc(-c3ccn[nH]3)cc2n1. The van der Waals surface area contributed by atoms with E-state index in [1.165, 1.54) is 28.1 Å². The fourth-order valence-electron chi connectivity index (χ4n) is 2.95. The maximum atomic E-state index is 4.91. The molecular formula is C18H23N5S. The Balaban J connectivity index is 1.77. The van der Waals surface area contributed by atoms with Gasteiger partial charge in [0.15, 0.2) is 0 Å². The van der Waals surface area contributed by atoms with Crippen LogP contribution in [0.3, 0.4) is 0 Å². The summed E-state index contributed by atoms with van der Waals surface area (Å²) in [6.07, 6.45) is 4.50. The van der Waals surface area contributed by atoms with Gasteiger partial charge in [0.05, 0.1) is 26.5 Å². The molecule has 4 rings (SSSR count). The van der Waals surface area contributed by atoms with E-state index < -0.39 is 0 Å². The van der Waals surface area contributed by atoms with Gasteiger partial charge in [-0.2, -0.15) is 5.10 Å². The summed E-state index contributed by atoms with van der Waals surface area (Å²) in [6, 6.07) is 6.39. The van der Waals surface area contributed by atoms with Crippen LogP contribution < -0.4 is 10.2 Å². The Morgan fingerprint density at radius 2 is 2.12 bits per heavy atom. The average Bonchev–Trinajstić information content (AvgIpc) is 3.09. The third-order valence-corrected chi connectivity index (χ3v) is 5.79. The number of rotatable bonds is 7. The maximum absolute atomic E-state index is 4.91. The Labute approximate surface area is 146 Å². The van der Waals surface area contributed by atoms with Crippen molar-refractivity contribution >= 4 is 33.1 Å². The zero-order chi connectivity index (χ0) is 16.5. The van der Waals surface area contributed by atoms with Gasteiger partial charge in [-0.3, -0.25) is 5.10 Å². The molecule has 0 aromatic carbocycles. The molecule has 2 N–H and O–H groups in total. The number of fused-ring (bicyclic) bond motifs is 1. The van der Waals surface area contributed by atoms with Crippen molar-refractivity contribution in [1.29, 1.82) is 0 Å². The van der Waals surface area contributed by atoms with Crippen molar-refractivity contribution in [1.82, 2.24) is 15.2 Å². The number of aromatic amines is 1. The van der Waals surface area contributed by atoms with Crippen LogP contribution >= 0.6 is 11.3 Å². The van der Waals surface area contributed by atoms with E-state index in [0.717, 1.165) is 42.6 Å². The van der Waals surface area contributed by atoms with Gasteiger partial charge in [0.25, 0.3) is 0 Å². The van der Waals surface area contributed by atoms with Crippen molar-refractivity contribution in [3.8, 4) is 10.6 Å². The minimum atomic E-state index is 0.845. The molecule has 3 aromatic heterocycles. The Morgan fingerprint density at radius 3 is 2.79 bits per heavy atom. The van der Waals surface area contributed by atoms with Crippen molar-refractivity contribution in [2.45, 2.75) is 26.7 Å². The summed E-state index contributed by atoms with van der Waals surface area (Å²) in [4.78, 5) is 8.40. The average molecular weight is 341 g/mol. The van der Waals surface area contributed by atoms with Gasteiger partial charge < -0.3 is 10.2 Å². The molecule has 0 atom stereocenters. The Bertz CT molecular complexity index is 815. The summed E-state index contributed by atoms with van der Waals surface area (Å²) >= 11 is 1.77. The quantitative estimate of drug-likeness (QED) is 0.670. The van der Waals surface area contributed by atoms with Crippen LogP contribution in [0.1, 0.15) is 26.7 Å². The number of hydrogen-bond donors (Lipinski definition) is 2. The molecule has 0 aliphatic heterocycles. The Hall–Kier alpha value is -2.08. The first-order valence-electron chi connectivity index (χ1n) is 8.71. The highest BCUT2D eigenvalue weighted by atomic mass is 32.1. The number of nitrogens with zero attached hydrogens (tertiary/aromatic N) is 3. The first-order chi connectivity index (χ1) is 11.8. The predicted molar refractivity (Wildman–Crippen MR) is 102 cm³/mol. The normalized spacial score (nSPS) is 14.2. The molecule has 3 heterocycles. The second kappa shape index (κ2) is 6.43. The van der Waals surface area contributed by atoms with Crippen LogP contribution in [-0.2, 0) is 0 Å². The van der Waals surface area contributed by atoms with Crippen LogP contribution in [0.2, 0.25) is 0 Å². The Morgan fingerprint density at radius 1 is 1.29 bits per heavy atom. The van der Waals surface area contributed by atoms with Crippen molar-refractivity contribution in [3.63, 3.8) is 0 Å². The lowest BCUT2D eigenvalue weighted by atomic mass is 10.2. The lowest BCUT2D eigenvalue weighted by Gasteiger charge is -2.21. The molecule has 1 fully saturated rings. The highest BCUT2D eigenvalue weighted by Crippen LogP contribution is 2.38. The van der Waals surface area contributed by atoms with E-state index in [1.807, 2.05) is 6.07 Å². The third-order valence-electron chi connectivity index (χ3n) is 4.60. The molecule has 1 saturated carbocycles. The predicted octanol–water partition coefficient (Wildman–Crippen LogP) is 4.35. The monoisotopic (exact) mass is 341 g/mol. The van der Waals surface area contributed by atoms with Gasteiger partial charge in [0.2, 0.25) is 0 Å². The van der Waals surface area contributed by atoms with Crippen LogP contribution in [0.4, 0.5) is 11.5 Å². The largest absolute Gasteiger partial charge is 0.383 e. The van der Waals surface area contributed by atoms with Crippen LogP contribution in [-0.4, -0.2) is 34.8 Å². The van der Waals surface area contributed by atoms with Crippen LogP contribution in [0.25, 0.3) is 20.8 Å². The zero-order valence-electron chi connectivity index (χ0n) is 14.2. The van der Waals surface area contributed by atoms with Gasteiger partial charge in [0.1, 0.15) is 5.82 Å². The van der Waals surface area contributed by atoms with Gasteiger partial charge in [-0.05, 0) is 44.7 Å². The molecule has 0 saturated heterocycles. The number of pyridine rings is 1. The van der Waals surface area contributed by atoms with Crippen LogP contribution in [0.15, 0.2) is 24.4 Å². The van der Waals surface area contributed by atoms with Crippen molar-refractivity contribution in [2.24, 2.45) is 5.92 Å². The first kappa shape index (κ1) is 15.4. The summed E-state index contributed by atoms with van der Waals surface area (Å²) < 4.78 is 1.23. The minimum absolute atomic E-state index is 0.845. The van der Waals surface area contributed by atoms with Gasteiger partial charge in [-0.25, -0.2) is 4.98 Å². The first-order valence-corrected chi connectivity index (χ1v) is 9.53. The van der Waals surface area contributed by atoms with Crippen LogP contribution in [0, 0.1) is 5.92 Å². The lowest BCUT2D eigenvalue weighted by Crippen LogP contribution is -2.23. The fourth-order valence-corrected chi connectivity index (χ4v) is 4.02. The van der Waals surface area contributed by atoms with Crippen molar-refractivity contribution in [3.05, 3.63) is 24.4 Å². The molecule has 1 aliphatic carbocycles. The van der Waals surface area contributed by atoms with Gasteiger partial charge >= 0.3 is 0 Å². The molecule has 1 aliphatic rings. The molecule has 0 radical (unpaired) electrons. The second-order valence-electron chi connectivity index (χ2n) is 6.32. The molecule has 24 heavy (non-hydrogen) atoms. The summed E-state index contributed by atoms with van der Waals surface area (Å²) in [6.45, 7) is 7.35. The molecule has 126 valence electrons. The van der Waals surface area contributed by atoms with E-state index >= 15 is 0 Å². The summed E-state index contributed by atoms with van der Waals surface area (Å²) in [7, 11) is 0. The molecular weight excluding hydrogens is 318 g/mol. The fraction of sp³-hybridized carbons (Fsp3) is 0.444. The smallest absolute Gasteiger partial charge is 0.131 e. The van der Waals surface area contributed by atoms with E-state index in [4.69, 9.17) is 4.98 Å². The maximum Gasteiger partial charge on any atom is 0.131 e. The second-order valence-corrected chi connectivity index (χ2v) is 7.37. The standard InChI is InChI=1S/C18H23N5S/c1-3-23(4-2)17-10-14(19-11-12-5-6-12)18-15(21-17)9-16(24-18)13-7-8-20-22-13/h7-10,12H,3-6,11H2,1-2H3,(H,19,21)(H,20,22). The molecule has 0 spiro atoms. The van der Waals surface area contributed by atoms with E-state index in [2.05, 4.69) is 46.4 Å². The number of nitrogens with one attached hydrogen (secondary N) is 2. The number of thiophene rings is 1. The van der Waals surface area contributed by atoms with Gasteiger partial charge in [-0.15, -0.1) is 11.3 Å². The lowest BCUT2D eigenvalue weighted by molar-refractivity contribution is 0.848. The zero-order valence-corrected chi connectivity index (χ0v) is 15.0. The van der Waals surface area contributed by atoms with Crippen LogP contribution in [0.5, 0.6) is 0 Å². The topological polar surface area (TPSA) is 56.8 Å². The number of H-pyrrole nitrogens is 1. The number of aromatic nitrogens is 3. The van der Waals surface area contributed by atoms with E-state index in [1.54, 1.807) is 17.5 Å². The Kier molecular flexibility index (Phi) is 4.14. The summed E-state index contributed by atoms with van der Waals surface area (Å²) in [5.41, 5.74) is 3.33. The number of anilines is 2. The van der Waals surface area contributed by atoms with E-state index in [0.29, 0.717) is 0 Å². The molecule has 0 amide bonds. The van der Waals surface area contributed by atoms with Gasteiger partial charge in [-0.1, -0.05) is 0 Å². The third kappa shape index (κ3) is 2.98. The van der Waals surface area contributed by atoms with Crippen molar-refractivity contribution < 1.29 is 0 Å². The molecule has 6 heteroatoms. The highest BCUT2D eigenvalue weighted by molar-refractivity contribution is 7.22. The van der Waals surface area contributed by atoms with Crippen molar-refractivity contribution in [2.75, 3.05) is 29.9 Å². The van der Waals surface area contributed by atoms with E-state index in [9.17, 15) is 0 Å². The van der Waals surface area contributed by atoms with E-state index in [-0.39, 0.29) is 0 Å².